The van der Waals surface area contributed by atoms with Gasteiger partial charge in [0.1, 0.15) is 10.1 Å². The van der Waals surface area contributed by atoms with Gasteiger partial charge in [-0.2, -0.15) is 0 Å². The molecule has 2 aromatic rings. The van der Waals surface area contributed by atoms with E-state index in [0.29, 0.717) is 10.1 Å². The van der Waals surface area contributed by atoms with Crippen molar-refractivity contribution in [3.63, 3.8) is 0 Å². The van der Waals surface area contributed by atoms with E-state index < -0.39 is 11.9 Å². The molecule has 0 fully saturated rings. The number of hydrogen-bond acceptors (Lipinski definition) is 6. The number of nitrogens with zero attached hydrogens (tertiary/aromatic N) is 2. The molecule has 0 unspecified atom stereocenters. The van der Waals surface area contributed by atoms with E-state index in [1.807, 2.05) is 0 Å². The van der Waals surface area contributed by atoms with Crippen LogP contribution in [-0.2, 0) is 0 Å². The van der Waals surface area contributed by atoms with Crippen LogP contribution in [0, 0.1) is 0 Å². The molecule has 0 aliphatic heterocycles. The standard InChI is InChI=1S/C12H8N2O4S2.K.H/c15-11(16)7-1-3-9(13-5-7)19-20-10-4-2-8(6-14-10)12(17)18;;/h1-6H,(H,15,16)(H,17,18);;/q;+1;-1. The molecule has 0 saturated carbocycles. The van der Waals surface area contributed by atoms with Crippen LogP contribution in [0.4, 0.5) is 0 Å². The van der Waals surface area contributed by atoms with Crippen molar-refractivity contribution >= 4 is 33.5 Å². The summed E-state index contributed by atoms with van der Waals surface area (Å²) < 4.78 is 0. The first-order chi connectivity index (χ1) is 9.56. The van der Waals surface area contributed by atoms with Crippen LogP contribution in [-0.4, -0.2) is 32.1 Å². The van der Waals surface area contributed by atoms with Crippen molar-refractivity contribution in [2.24, 2.45) is 0 Å². The SMILES string of the molecule is O=C(O)c1ccc(SSc2ccc(C(=O)O)cn2)nc1.[H-].[K+]. The van der Waals surface area contributed by atoms with E-state index in [-0.39, 0.29) is 63.9 Å². The van der Waals surface area contributed by atoms with Gasteiger partial charge in [0.25, 0.3) is 0 Å². The molecule has 0 radical (unpaired) electrons. The fourth-order valence-corrected chi connectivity index (χ4v) is 2.91. The van der Waals surface area contributed by atoms with Crippen molar-refractivity contribution < 1.29 is 72.6 Å². The van der Waals surface area contributed by atoms with Gasteiger partial charge in [0, 0.05) is 12.4 Å². The van der Waals surface area contributed by atoms with Crippen molar-refractivity contribution in [3.8, 4) is 0 Å². The van der Waals surface area contributed by atoms with Gasteiger partial charge >= 0.3 is 63.3 Å². The maximum atomic E-state index is 10.7. The number of aromatic carboxylic acids is 2. The van der Waals surface area contributed by atoms with Gasteiger partial charge in [-0.25, -0.2) is 19.6 Å². The Morgan fingerprint density at radius 2 is 1.24 bits per heavy atom. The normalized spacial score (nSPS) is 9.71. The summed E-state index contributed by atoms with van der Waals surface area (Å²) in [6.45, 7) is 0. The third kappa shape index (κ3) is 5.70. The van der Waals surface area contributed by atoms with Gasteiger partial charge in [0.15, 0.2) is 0 Å². The summed E-state index contributed by atoms with van der Waals surface area (Å²) in [4.78, 5) is 29.3. The Hall–Kier alpha value is -0.424. The number of carbonyl (C=O) groups is 2. The Labute approximate surface area is 172 Å². The maximum Gasteiger partial charge on any atom is 1.00 e. The molecule has 0 aliphatic carbocycles. The average Bonchev–Trinajstić information content (AvgIpc) is 2.46. The minimum Gasteiger partial charge on any atom is -1.00 e. The Kier molecular flexibility index (Phi) is 7.88. The number of carboxylic acids is 2. The van der Waals surface area contributed by atoms with Gasteiger partial charge < -0.3 is 11.6 Å². The first-order valence-corrected chi connectivity index (χ1v) is 7.44. The smallest absolute Gasteiger partial charge is 1.00 e. The fourth-order valence-electron chi connectivity index (χ4n) is 1.20. The van der Waals surface area contributed by atoms with Crippen LogP contribution in [0.1, 0.15) is 22.1 Å². The van der Waals surface area contributed by atoms with Crippen LogP contribution in [0.5, 0.6) is 0 Å². The molecule has 2 N–H and O–H groups in total. The number of carboxylic acid groups (broad SMARTS) is 2. The molecular weight excluding hydrogens is 339 g/mol. The molecule has 6 nitrogen and oxygen atoms in total. The fraction of sp³-hybridized carbons (Fsp3) is 0. The number of aromatic nitrogens is 2. The summed E-state index contributed by atoms with van der Waals surface area (Å²) in [6, 6.07) is 6.15. The molecule has 0 amide bonds. The van der Waals surface area contributed by atoms with Crippen molar-refractivity contribution in [2.75, 3.05) is 0 Å². The second kappa shape index (κ2) is 8.88. The van der Waals surface area contributed by atoms with E-state index in [0.717, 1.165) is 0 Å². The maximum absolute atomic E-state index is 10.7. The number of pyridine rings is 2. The number of rotatable bonds is 5. The molecule has 9 heteroatoms. The molecule has 0 spiro atoms. The molecule has 21 heavy (non-hydrogen) atoms. The van der Waals surface area contributed by atoms with E-state index in [4.69, 9.17) is 10.2 Å². The molecular formula is C12H9KN2O4S2. The van der Waals surface area contributed by atoms with Crippen molar-refractivity contribution in [1.82, 2.24) is 9.97 Å². The first-order valence-electron chi connectivity index (χ1n) is 5.29. The molecule has 0 saturated heterocycles. The predicted octanol–water partition coefficient (Wildman–Crippen LogP) is -0.211. The van der Waals surface area contributed by atoms with Gasteiger partial charge in [0.05, 0.1) is 11.1 Å². The summed E-state index contributed by atoms with van der Waals surface area (Å²) in [6.07, 6.45) is 2.57. The Bertz CT molecular complexity index is 583. The van der Waals surface area contributed by atoms with Crippen LogP contribution in [0.2, 0.25) is 0 Å². The molecule has 2 aromatic heterocycles. The van der Waals surface area contributed by atoms with Crippen molar-refractivity contribution in [2.45, 2.75) is 10.1 Å². The summed E-state index contributed by atoms with van der Waals surface area (Å²) in [5.74, 6) is -2.04. The molecule has 0 atom stereocenters. The average molecular weight is 348 g/mol. The van der Waals surface area contributed by atoms with Gasteiger partial charge in [-0.3, -0.25) is 0 Å². The minimum atomic E-state index is -1.02. The van der Waals surface area contributed by atoms with Gasteiger partial charge in [-0.15, -0.1) is 0 Å². The van der Waals surface area contributed by atoms with E-state index in [9.17, 15) is 9.59 Å². The third-order valence-electron chi connectivity index (χ3n) is 2.18. The van der Waals surface area contributed by atoms with Crippen molar-refractivity contribution in [1.29, 1.82) is 0 Å². The van der Waals surface area contributed by atoms with Crippen LogP contribution in [0.25, 0.3) is 0 Å². The Morgan fingerprint density at radius 3 is 1.48 bits per heavy atom. The second-order valence-electron chi connectivity index (χ2n) is 3.55. The molecule has 104 valence electrons. The van der Waals surface area contributed by atoms with Gasteiger partial charge in [-0.05, 0) is 45.9 Å². The zero-order valence-corrected chi connectivity index (χ0v) is 15.6. The third-order valence-corrected chi connectivity index (χ3v) is 4.36. The minimum absolute atomic E-state index is 0. The topological polar surface area (TPSA) is 100 Å². The Morgan fingerprint density at radius 1 is 0.857 bits per heavy atom. The van der Waals surface area contributed by atoms with Crippen LogP contribution < -0.4 is 51.4 Å². The summed E-state index contributed by atoms with van der Waals surface area (Å²) in [5, 5.41) is 18.8. The molecule has 0 bridgehead atoms. The first kappa shape index (κ1) is 18.6. The molecule has 2 heterocycles. The van der Waals surface area contributed by atoms with E-state index >= 15 is 0 Å². The van der Waals surface area contributed by atoms with Gasteiger partial charge in [-0.1, -0.05) is 0 Å². The molecule has 0 aliphatic rings. The molecule has 0 aromatic carbocycles. The summed E-state index contributed by atoms with van der Waals surface area (Å²) >= 11 is 0. The predicted molar refractivity (Wildman–Crippen MR) is 75.2 cm³/mol. The monoisotopic (exact) mass is 348 g/mol. The quantitative estimate of drug-likeness (QED) is 0.565. The second-order valence-corrected chi connectivity index (χ2v) is 5.72. The van der Waals surface area contributed by atoms with E-state index in [1.54, 1.807) is 12.1 Å². The largest absolute Gasteiger partial charge is 1.00 e. The summed E-state index contributed by atoms with van der Waals surface area (Å²) in [5.41, 5.74) is 0.256. The number of hydrogen-bond donors (Lipinski definition) is 2. The van der Waals surface area contributed by atoms with Crippen LogP contribution in [0.3, 0.4) is 0 Å². The van der Waals surface area contributed by atoms with Crippen LogP contribution in [0.15, 0.2) is 46.7 Å². The van der Waals surface area contributed by atoms with E-state index in [2.05, 4.69) is 9.97 Å². The summed E-state index contributed by atoms with van der Waals surface area (Å²) in [7, 11) is 2.62. The zero-order valence-electron chi connectivity index (χ0n) is 11.9. The zero-order chi connectivity index (χ0) is 14.5. The Balaban J connectivity index is 0.00000220. The van der Waals surface area contributed by atoms with Crippen LogP contribution >= 0.6 is 21.6 Å². The van der Waals surface area contributed by atoms with Gasteiger partial charge in [0.2, 0.25) is 0 Å². The molecule has 2 rings (SSSR count). The van der Waals surface area contributed by atoms with E-state index in [1.165, 1.54) is 46.1 Å². The van der Waals surface area contributed by atoms with Crippen molar-refractivity contribution in [3.05, 3.63) is 47.8 Å².